The van der Waals surface area contributed by atoms with E-state index in [2.05, 4.69) is 21.2 Å². The highest BCUT2D eigenvalue weighted by molar-refractivity contribution is 6.41. The number of carbonyl (C=O) groups excluding carboxylic acids is 3. The number of hydrazone groups is 1. The number of amides is 3. The molecule has 0 atom stereocenters. The Morgan fingerprint density at radius 2 is 1.69 bits per heavy atom. The van der Waals surface area contributed by atoms with Gasteiger partial charge >= 0.3 is 11.8 Å². The Labute approximate surface area is 207 Å². The Kier molecular flexibility index (Phi) is 9.21. The Morgan fingerprint density at radius 1 is 0.943 bits per heavy atom. The third kappa shape index (κ3) is 7.86. The Morgan fingerprint density at radius 3 is 2.43 bits per heavy atom. The highest BCUT2D eigenvalue weighted by Gasteiger charge is 2.14. The molecule has 3 aromatic rings. The van der Waals surface area contributed by atoms with Crippen LogP contribution in [-0.2, 0) is 20.9 Å². The molecule has 0 radical (unpaired) electrons. The minimum atomic E-state index is -0.963. The highest BCUT2D eigenvalue weighted by atomic mass is 35.5. The van der Waals surface area contributed by atoms with Crippen molar-refractivity contribution in [2.45, 2.75) is 6.54 Å². The lowest BCUT2D eigenvalue weighted by molar-refractivity contribution is -0.136. The van der Waals surface area contributed by atoms with Gasteiger partial charge in [0.15, 0.2) is 18.1 Å². The van der Waals surface area contributed by atoms with Gasteiger partial charge in [0.2, 0.25) is 0 Å². The summed E-state index contributed by atoms with van der Waals surface area (Å²) in [6, 6.07) is 20.9. The number of anilines is 1. The van der Waals surface area contributed by atoms with Gasteiger partial charge < -0.3 is 20.1 Å². The largest absolute Gasteiger partial charge is 0.493 e. The molecule has 0 aliphatic rings. The fourth-order valence-corrected chi connectivity index (χ4v) is 3.02. The molecule has 0 heterocycles. The Balaban J connectivity index is 1.49. The lowest BCUT2D eigenvalue weighted by atomic mass is 10.2. The van der Waals surface area contributed by atoms with E-state index in [0.717, 1.165) is 5.56 Å². The number of carbonyl (C=O) groups is 3. The standard InChI is InChI=1S/C25H23ClN4O5/c1-34-22-13-18(15-28-30-25(33)24(32)29-20-10-6-5-9-19(20)26)11-12-21(22)35-16-23(31)27-14-17-7-3-2-4-8-17/h2-13,15H,14,16H2,1H3,(H,27,31)(H,29,32)(H,30,33)/b28-15-. The molecule has 0 aromatic heterocycles. The van der Waals surface area contributed by atoms with Gasteiger partial charge in [-0.15, -0.1) is 0 Å². The summed E-state index contributed by atoms with van der Waals surface area (Å²) in [5, 5.41) is 9.26. The van der Waals surface area contributed by atoms with Gasteiger partial charge in [-0.05, 0) is 41.5 Å². The van der Waals surface area contributed by atoms with Gasteiger partial charge in [0.25, 0.3) is 5.91 Å². The van der Waals surface area contributed by atoms with E-state index in [9.17, 15) is 14.4 Å². The Hall–Kier alpha value is -4.37. The lowest BCUT2D eigenvalue weighted by Crippen LogP contribution is -2.32. The highest BCUT2D eigenvalue weighted by Crippen LogP contribution is 2.27. The molecule has 0 aliphatic carbocycles. The fraction of sp³-hybridized carbons (Fsp3) is 0.120. The van der Waals surface area contributed by atoms with Crippen molar-refractivity contribution in [1.82, 2.24) is 10.7 Å². The third-order valence-corrected chi connectivity index (χ3v) is 4.92. The summed E-state index contributed by atoms with van der Waals surface area (Å²) < 4.78 is 10.9. The third-order valence-electron chi connectivity index (χ3n) is 4.59. The topological polar surface area (TPSA) is 118 Å². The summed E-state index contributed by atoms with van der Waals surface area (Å²) in [5.74, 6) is -1.42. The predicted molar refractivity (Wildman–Crippen MR) is 133 cm³/mol. The summed E-state index contributed by atoms with van der Waals surface area (Å²) >= 11 is 5.96. The summed E-state index contributed by atoms with van der Waals surface area (Å²) in [6.45, 7) is 0.213. The molecule has 3 N–H and O–H groups in total. The number of ether oxygens (including phenoxy) is 2. The van der Waals surface area contributed by atoms with Crippen molar-refractivity contribution >= 4 is 41.2 Å². The number of halogens is 1. The molecule has 0 saturated carbocycles. The first-order valence-corrected chi connectivity index (χ1v) is 10.8. The van der Waals surface area contributed by atoms with Crippen LogP contribution in [0.4, 0.5) is 5.69 Å². The molecule has 0 unspecified atom stereocenters. The first kappa shape index (κ1) is 25.3. The molecular formula is C25H23ClN4O5. The summed E-state index contributed by atoms with van der Waals surface area (Å²) in [5.41, 5.74) is 4.00. The second-order valence-electron chi connectivity index (χ2n) is 7.09. The first-order chi connectivity index (χ1) is 17.0. The van der Waals surface area contributed by atoms with Crippen molar-refractivity contribution < 1.29 is 23.9 Å². The van der Waals surface area contributed by atoms with Crippen LogP contribution in [0.3, 0.4) is 0 Å². The smallest absolute Gasteiger partial charge is 0.329 e. The number of nitrogens with one attached hydrogen (secondary N) is 3. The number of para-hydroxylation sites is 1. The van der Waals surface area contributed by atoms with Gasteiger partial charge in [0.05, 0.1) is 24.0 Å². The van der Waals surface area contributed by atoms with E-state index in [-0.39, 0.29) is 12.5 Å². The SMILES string of the molecule is COc1cc(/C=N\NC(=O)C(=O)Nc2ccccc2Cl)ccc1OCC(=O)NCc1ccccc1. The fourth-order valence-electron chi connectivity index (χ4n) is 2.83. The molecule has 0 aliphatic heterocycles. The lowest BCUT2D eigenvalue weighted by Gasteiger charge is -2.11. The van der Waals surface area contributed by atoms with Crippen LogP contribution in [0.25, 0.3) is 0 Å². The van der Waals surface area contributed by atoms with Gasteiger partial charge in [-0.3, -0.25) is 14.4 Å². The normalized spacial score (nSPS) is 10.5. The van der Waals surface area contributed by atoms with Crippen molar-refractivity contribution in [3.63, 3.8) is 0 Å². The van der Waals surface area contributed by atoms with E-state index in [4.69, 9.17) is 21.1 Å². The van der Waals surface area contributed by atoms with Crippen molar-refractivity contribution in [3.05, 3.63) is 88.9 Å². The van der Waals surface area contributed by atoms with Crippen molar-refractivity contribution in [1.29, 1.82) is 0 Å². The van der Waals surface area contributed by atoms with E-state index in [1.807, 2.05) is 30.3 Å². The van der Waals surface area contributed by atoms with E-state index >= 15 is 0 Å². The molecule has 0 spiro atoms. The molecule has 0 bridgehead atoms. The maximum atomic E-state index is 12.1. The molecule has 3 aromatic carbocycles. The zero-order valence-corrected chi connectivity index (χ0v) is 19.5. The average molecular weight is 495 g/mol. The van der Waals surface area contributed by atoms with Gasteiger partial charge in [-0.25, -0.2) is 5.43 Å². The summed E-state index contributed by atoms with van der Waals surface area (Å²) in [6.07, 6.45) is 1.33. The van der Waals surface area contributed by atoms with Gasteiger partial charge in [-0.2, -0.15) is 5.10 Å². The van der Waals surface area contributed by atoms with Gasteiger partial charge in [0, 0.05) is 6.54 Å². The second kappa shape index (κ2) is 12.8. The van der Waals surface area contributed by atoms with Crippen LogP contribution in [0, 0.1) is 0 Å². The zero-order chi connectivity index (χ0) is 25.0. The van der Waals surface area contributed by atoms with Crippen LogP contribution >= 0.6 is 11.6 Å². The number of hydrogen-bond acceptors (Lipinski definition) is 6. The van der Waals surface area contributed by atoms with Gasteiger partial charge in [-0.1, -0.05) is 54.1 Å². The second-order valence-corrected chi connectivity index (χ2v) is 7.50. The molecule has 3 amide bonds. The van der Waals surface area contributed by atoms with E-state index in [1.54, 1.807) is 42.5 Å². The van der Waals surface area contributed by atoms with Crippen LogP contribution in [-0.4, -0.2) is 37.7 Å². The average Bonchev–Trinajstić information content (AvgIpc) is 2.88. The number of rotatable bonds is 9. The van der Waals surface area contributed by atoms with Crippen molar-refractivity contribution in [3.8, 4) is 11.5 Å². The number of nitrogens with zero attached hydrogens (tertiary/aromatic N) is 1. The monoisotopic (exact) mass is 494 g/mol. The number of methoxy groups -OCH3 is 1. The van der Waals surface area contributed by atoms with Crippen LogP contribution in [0.2, 0.25) is 5.02 Å². The summed E-state index contributed by atoms with van der Waals surface area (Å²) in [4.78, 5) is 36.0. The molecule has 10 heteroatoms. The van der Waals surface area contributed by atoms with Crippen LogP contribution in [0.15, 0.2) is 77.9 Å². The van der Waals surface area contributed by atoms with Crippen LogP contribution < -0.4 is 25.5 Å². The van der Waals surface area contributed by atoms with E-state index in [0.29, 0.717) is 34.3 Å². The molecule has 35 heavy (non-hydrogen) atoms. The van der Waals surface area contributed by atoms with Gasteiger partial charge in [0.1, 0.15) is 0 Å². The van der Waals surface area contributed by atoms with Crippen molar-refractivity contribution in [2.75, 3.05) is 19.0 Å². The minimum Gasteiger partial charge on any atom is -0.493 e. The molecule has 0 fully saturated rings. The minimum absolute atomic E-state index is 0.187. The van der Waals surface area contributed by atoms with Crippen LogP contribution in [0.5, 0.6) is 11.5 Å². The molecule has 3 rings (SSSR count). The number of hydrogen-bond donors (Lipinski definition) is 3. The van der Waals surface area contributed by atoms with E-state index in [1.165, 1.54) is 13.3 Å². The molecule has 180 valence electrons. The molecular weight excluding hydrogens is 472 g/mol. The maximum absolute atomic E-state index is 12.1. The predicted octanol–water partition coefficient (Wildman–Crippen LogP) is 3.13. The summed E-state index contributed by atoms with van der Waals surface area (Å²) in [7, 11) is 1.46. The maximum Gasteiger partial charge on any atom is 0.329 e. The zero-order valence-electron chi connectivity index (χ0n) is 18.8. The number of benzene rings is 3. The first-order valence-electron chi connectivity index (χ1n) is 10.5. The van der Waals surface area contributed by atoms with Crippen LogP contribution in [0.1, 0.15) is 11.1 Å². The quantitative estimate of drug-likeness (QED) is 0.240. The molecule has 0 saturated heterocycles. The van der Waals surface area contributed by atoms with Crippen molar-refractivity contribution in [2.24, 2.45) is 5.10 Å². The Bertz CT molecular complexity index is 1220. The van der Waals surface area contributed by atoms with E-state index < -0.39 is 11.8 Å². The molecule has 9 nitrogen and oxygen atoms in total.